The van der Waals surface area contributed by atoms with Crippen LogP contribution in [0.1, 0.15) is 0 Å². The molecule has 0 aliphatic carbocycles. The van der Waals surface area contributed by atoms with E-state index in [9.17, 15) is 0 Å². The predicted octanol–water partition coefficient (Wildman–Crippen LogP) is -3.59. The fourth-order valence-corrected chi connectivity index (χ4v) is 0. The van der Waals surface area contributed by atoms with Crippen LogP contribution in [0.4, 0.5) is 0 Å². The number of hydrogen-bond donors (Lipinski definition) is 0. The van der Waals surface area contributed by atoms with Gasteiger partial charge in [0.15, 0.2) is 0 Å². The Morgan fingerprint density at radius 2 is 0.500 bits per heavy atom. The smallest absolute Gasteiger partial charge is 2.00 e. The van der Waals surface area contributed by atoms with Crippen LogP contribution in [0.15, 0.2) is 0 Å². The van der Waals surface area contributed by atoms with E-state index in [4.69, 9.17) is 0 Å². The van der Waals surface area contributed by atoms with Gasteiger partial charge in [0.2, 0.25) is 0 Å². The van der Waals surface area contributed by atoms with Crippen molar-refractivity contribution in [2.75, 3.05) is 0 Å². The zero-order valence-corrected chi connectivity index (χ0v) is 9.03. The molecule has 0 heterocycles. The van der Waals surface area contributed by atoms with Crippen molar-refractivity contribution in [3.8, 4) is 0 Å². The molecule has 5 nitrogen and oxygen atoms in total. The van der Waals surface area contributed by atoms with E-state index in [1.165, 1.54) is 0 Å². The molecule has 0 saturated carbocycles. The van der Waals surface area contributed by atoms with Crippen LogP contribution in [0.5, 0.6) is 0 Å². The summed E-state index contributed by atoms with van der Waals surface area (Å²) in [6, 6.07) is 0. The van der Waals surface area contributed by atoms with E-state index < -0.39 is 0 Å². The Morgan fingerprint density at radius 1 is 0.500 bits per heavy atom. The zero-order valence-electron chi connectivity index (χ0n) is 3.90. The molecular formula is LiNbO5W-4. The second kappa shape index (κ2) is 162. The molecule has 0 aromatic carbocycles. The van der Waals surface area contributed by atoms with Gasteiger partial charge in [-0.25, -0.2) is 0 Å². The van der Waals surface area contributed by atoms with Gasteiger partial charge in [-0.1, -0.05) is 0 Å². The topological polar surface area (TPSA) is 142 Å². The molecule has 0 aliphatic heterocycles. The first-order valence-corrected chi connectivity index (χ1v) is 0. The Labute approximate surface area is 89.1 Å². The van der Waals surface area contributed by atoms with Gasteiger partial charge in [0.1, 0.15) is 0 Å². The van der Waals surface area contributed by atoms with E-state index in [0.29, 0.717) is 0 Å². The standard InChI is InChI=1S/Li.Nb.5O.W/q+1;+5;5*-2;. The van der Waals surface area contributed by atoms with Crippen LogP contribution in [0.3, 0.4) is 0 Å². The van der Waals surface area contributed by atoms with Crippen molar-refractivity contribution in [1.29, 1.82) is 0 Å². The first-order chi connectivity index (χ1) is 0. The molecule has 0 unspecified atom stereocenters. The Balaban J connectivity index is 0. The van der Waals surface area contributed by atoms with Crippen molar-refractivity contribution in [3.05, 3.63) is 0 Å². The van der Waals surface area contributed by atoms with Gasteiger partial charge < -0.3 is 27.4 Å². The summed E-state index contributed by atoms with van der Waals surface area (Å²) in [5.41, 5.74) is 0. The molecule has 8 heavy (non-hydrogen) atoms. The summed E-state index contributed by atoms with van der Waals surface area (Å²) in [4.78, 5) is 0. The molecule has 0 radical (unpaired) electrons. The van der Waals surface area contributed by atoms with E-state index in [1.54, 1.807) is 0 Å². The summed E-state index contributed by atoms with van der Waals surface area (Å²) in [7, 11) is 0. The SMILES string of the molecule is [Li+].[Nb+5].[O-2].[O-2].[O-2].[O-2].[O-2].[W]. The Kier molecular flexibility index (Phi) is 4650. The molecule has 0 spiro atoms. The van der Waals surface area contributed by atoms with Gasteiger partial charge in [0, 0.05) is 21.1 Å². The fraction of sp³-hybridized carbons (Fsp3) is 0. The van der Waals surface area contributed by atoms with Gasteiger partial charge in [-0.3, -0.25) is 0 Å². The third-order valence-electron chi connectivity index (χ3n) is 0. The van der Waals surface area contributed by atoms with Crippen molar-refractivity contribution in [2.45, 2.75) is 0 Å². The summed E-state index contributed by atoms with van der Waals surface area (Å²) in [6.07, 6.45) is 0. The summed E-state index contributed by atoms with van der Waals surface area (Å²) in [6.45, 7) is 0. The van der Waals surface area contributed by atoms with E-state index in [2.05, 4.69) is 0 Å². The van der Waals surface area contributed by atoms with Crippen molar-refractivity contribution in [3.63, 3.8) is 0 Å². The Hall–Kier alpha value is 1.83. The average Bonchev–Trinajstić information content (AvgIpc) is 0. The molecular weight excluding hydrogens is 364 g/mol. The van der Waals surface area contributed by atoms with E-state index in [-0.39, 0.29) is 89.7 Å². The predicted molar refractivity (Wildman–Crippen MR) is 3.43 cm³/mol. The third-order valence-corrected chi connectivity index (χ3v) is 0. The summed E-state index contributed by atoms with van der Waals surface area (Å²) < 4.78 is 0. The summed E-state index contributed by atoms with van der Waals surface area (Å²) >= 11 is 0. The fourth-order valence-electron chi connectivity index (χ4n) is 0. The van der Waals surface area contributed by atoms with Crippen molar-refractivity contribution < 1.29 is 89.7 Å². The van der Waals surface area contributed by atoms with E-state index >= 15 is 0 Å². The summed E-state index contributed by atoms with van der Waals surface area (Å²) in [5, 5.41) is 0. The van der Waals surface area contributed by atoms with Crippen LogP contribution in [-0.2, 0) is 70.8 Å². The van der Waals surface area contributed by atoms with Gasteiger partial charge in [0.05, 0.1) is 0 Å². The zero-order chi connectivity index (χ0) is 0. The second-order valence-electron chi connectivity index (χ2n) is 0. The van der Waals surface area contributed by atoms with Crippen molar-refractivity contribution in [1.82, 2.24) is 0 Å². The van der Waals surface area contributed by atoms with E-state index in [0.717, 1.165) is 0 Å². The minimum absolute atomic E-state index is 0. The number of hydrogen-bond acceptors (Lipinski definition) is 0. The molecule has 0 aromatic heterocycles. The van der Waals surface area contributed by atoms with Gasteiger partial charge >= 0.3 is 41.2 Å². The molecule has 0 saturated heterocycles. The molecule has 46 valence electrons. The molecule has 0 atom stereocenters. The van der Waals surface area contributed by atoms with Crippen LogP contribution in [0.25, 0.3) is 0 Å². The number of rotatable bonds is 0. The van der Waals surface area contributed by atoms with Crippen LogP contribution in [0.2, 0.25) is 0 Å². The molecule has 0 amide bonds. The molecule has 8 heteroatoms. The Morgan fingerprint density at radius 3 is 0.500 bits per heavy atom. The minimum Gasteiger partial charge on any atom is -2.00 e. The molecule has 0 rings (SSSR count). The normalized spacial score (nSPS) is 0. The minimum atomic E-state index is 0. The molecule has 0 bridgehead atoms. The first kappa shape index (κ1) is 230. The van der Waals surface area contributed by atoms with Gasteiger partial charge in [-0.05, 0) is 0 Å². The Bertz CT molecular complexity index is 12.4. The van der Waals surface area contributed by atoms with Gasteiger partial charge in [-0.2, -0.15) is 0 Å². The van der Waals surface area contributed by atoms with Crippen molar-refractivity contribution >= 4 is 0 Å². The average molecular weight is 364 g/mol. The second-order valence-corrected chi connectivity index (χ2v) is 0. The van der Waals surface area contributed by atoms with Gasteiger partial charge in [0.25, 0.3) is 0 Å². The third kappa shape index (κ3) is 109. The molecule has 0 aliphatic rings. The monoisotopic (exact) mass is 364 g/mol. The molecule has 0 N–H and O–H groups in total. The molecule has 0 fully saturated rings. The summed E-state index contributed by atoms with van der Waals surface area (Å²) in [5.74, 6) is 0. The quantitative estimate of drug-likeness (QED) is 0.392. The van der Waals surface area contributed by atoms with Crippen LogP contribution >= 0.6 is 0 Å². The maximum atomic E-state index is 0. The molecule has 0 aromatic rings. The van der Waals surface area contributed by atoms with Crippen molar-refractivity contribution in [2.24, 2.45) is 0 Å². The van der Waals surface area contributed by atoms with Crippen LogP contribution in [0, 0.1) is 0 Å². The maximum Gasteiger partial charge on any atom is 5.00 e. The van der Waals surface area contributed by atoms with E-state index in [1.807, 2.05) is 0 Å². The first-order valence-electron chi connectivity index (χ1n) is 0. The maximum absolute atomic E-state index is 0. The van der Waals surface area contributed by atoms with Crippen LogP contribution in [-0.4, -0.2) is 0 Å². The largest absolute Gasteiger partial charge is 5.00 e. The van der Waals surface area contributed by atoms with Gasteiger partial charge in [-0.15, -0.1) is 0 Å². The van der Waals surface area contributed by atoms with Crippen LogP contribution < -0.4 is 18.9 Å².